The summed E-state index contributed by atoms with van der Waals surface area (Å²) in [6.45, 7) is 4.46. The van der Waals surface area contributed by atoms with E-state index < -0.39 is 0 Å². The molecule has 1 N–H and O–H groups in total. The van der Waals surface area contributed by atoms with Gasteiger partial charge in [0, 0.05) is 11.9 Å². The smallest absolute Gasteiger partial charge is 0.0691 e. The molecule has 0 aliphatic heterocycles. The maximum Gasteiger partial charge on any atom is 0.0691 e. The highest BCUT2D eigenvalue weighted by molar-refractivity contribution is 5.49. The van der Waals surface area contributed by atoms with Gasteiger partial charge in [0.1, 0.15) is 0 Å². The summed E-state index contributed by atoms with van der Waals surface area (Å²) < 4.78 is 0. The van der Waals surface area contributed by atoms with Crippen LogP contribution >= 0.6 is 0 Å². The normalized spacial score (nSPS) is 17.5. The molecule has 2 nitrogen and oxygen atoms in total. The van der Waals surface area contributed by atoms with E-state index in [0.717, 1.165) is 12.8 Å². The topological polar surface area (TPSA) is 24.9 Å². The fourth-order valence-corrected chi connectivity index (χ4v) is 2.74. The van der Waals surface area contributed by atoms with Crippen molar-refractivity contribution in [3.05, 3.63) is 59.4 Å². The number of anilines is 1. The first-order valence-corrected chi connectivity index (χ1v) is 7.04. The SMILES string of the molecule is CC(C)c1cccc(NC2CCc3cccnc32)c1. The molecule has 0 saturated heterocycles. The minimum absolute atomic E-state index is 0.360. The fourth-order valence-electron chi connectivity index (χ4n) is 2.74. The summed E-state index contributed by atoms with van der Waals surface area (Å²) in [6.07, 6.45) is 4.16. The first kappa shape index (κ1) is 12.2. The van der Waals surface area contributed by atoms with E-state index in [1.165, 1.54) is 22.5 Å². The van der Waals surface area contributed by atoms with Crippen molar-refractivity contribution in [3.8, 4) is 0 Å². The molecule has 1 unspecified atom stereocenters. The van der Waals surface area contributed by atoms with Gasteiger partial charge in [0.15, 0.2) is 0 Å². The lowest BCUT2D eigenvalue weighted by atomic mass is 10.0. The zero-order valence-corrected chi connectivity index (χ0v) is 11.6. The van der Waals surface area contributed by atoms with E-state index in [2.05, 4.69) is 54.5 Å². The van der Waals surface area contributed by atoms with Gasteiger partial charge in [-0.3, -0.25) is 4.98 Å². The van der Waals surface area contributed by atoms with Crippen LogP contribution in [-0.2, 0) is 6.42 Å². The standard InChI is InChI=1S/C17H20N2/c1-12(2)14-5-3-7-15(11-14)19-16-9-8-13-6-4-10-18-17(13)16/h3-7,10-12,16,19H,8-9H2,1-2H3. The van der Waals surface area contributed by atoms with E-state index in [4.69, 9.17) is 0 Å². The number of nitrogens with zero attached hydrogens (tertiary/aromatic N) is 1. The second-order valence-corrected chi connectivity index (χ2v) is 5.56. The van der Waals surface area contributed by atoms with Gasteiger partial charge in [-0.1, -0.05) is 32.0 Å². The molecule has 0 spiro atoms. The molecular formula is C17H20N2. The van der Waals surface area contributed by atoms with Crippen LogP contribution in [0, 0.1) is 0 Å². The van der Waals surface area contributed by atoms with Gasteiger partial charge in [-0.25, -0.2) is 0 Å². The van der Waals surface area contributed by atoms with Gasteiger partial charge in [0.2, 0.25) is 0 Å². The molecule has 1 heterocycles. The number of aromatic nitrogens is 1. The predicted molar refractivity (Wildman–Crippen MR) is 79.5 cm³/mol. The van der Waals surface area contributed by atoms with Crippen molar-refractivity contribution >= 4 is 5.69 Å². The van der Waals surface area contributed by atoms with Crippen LogP contribution in [0.1, 0.15) is 49.0 Å². The van der Waals surface area contributed by atoms with Gasteiger partial charge in [-0.05, 0) is 48.1 Å². The highest BCUT2D eigenvalue weighted by Crippen LogP contribution is 2.32. The number of nitrogens with one attached hydrogen (secondary N) is 1. The summed E-state index contributed by atoms with van der Waals surface area (Å²) in [6, 6.07) is 13.3. The molecule has 3 rings (SSSR count). The molecule has 1 aromatic carbocycles. The maximum absolute atomic E-state index is 4.53. The Kier molecular flexibility index (Phi) is 3.24. The molecule has 0 saturated carbocycles. The number of fused-ring (bicyclic) bond motifs is 1. The van der Waals surface area contributed by atoms with Gasteiger partial charge in [0.25, 0.3) is 0 Å². The minimum atomic E-state index is 0.360. The molecule has 0 radical (unpaired) electrons. The Morgan fingerprint density at radius 3 is 2.95 bits per heavy atom. The van der Waals surface area contributed by atoms with Gasteiger partial charge in [0.05, 0.1) is 11.7 Å². The Bertz CT molecular complexity index is 575. The monoisotopic (exact) mass is 252 g/mol. The highest BCUT2D eigenvalue weighted by atomic mass is 15.0. The first-order chi connectivity index (χ1) is 9.24. The lowest BCUT2D eigenvalue weighted by Crippen LogP contribution is -2.08. The average Bonchev–Trinajstić information content (AvgIpc) is 2.83. The van der Waals surface area contributed by atoms with Crippen molar-refractivity contribution in [2.45, 2.75) is 38.6 Å². The number of aryl methyl sites for hydroxylation is 1. The summed E-state index contributed by atoms with van der Waals surface area (Å²) in [5.74, 6) is 0.565. The molecule has 98 valence electrons. The number of pyridine rings is 1. The predicted octanol–water partition coefficient (Wildman–Crippen LogP) is 4.30. The van der Waals surface area contributed by atoms with E-state index in [-0.39, 0.29) is 0 Å². The quantitative estimate of drug-likeness (QED) is 0.880. The molecule has 2 heteroatoms. The van der Waals surface area contributed by atoms with E-state index in [1.807, 2.05) is 12.3 Å². The second-order valence-electron chi connectivity index (χ2n) is 5.56. The minimum Gasteiger partial charge on any atom is -0.377 e. The van der Waals surface area contributed by atoms with E-state index >= 15 is 0 Å². The van der Waals surface area contributed by atoms with Crippen LogP contribution < -0.4 is 5.32 Å². The molecule has 1 aromatic heterocycles. The first-order valence-electron chi connectivity index (χ1n) is 7.04. The summed E-state index contributed by atoms with van der Waals surface area (Å²) in [5, 5.41) is 3.63. The molecule has 19 heavy (non-hydrogen) atoms. The van der Waals surface area contributed by atoms with Crippen LogP contribution in [-0.4, -0.2) is 4.98 Å². The lowest BCUT2D eigenvalue weighted by Gasteiger charge is -2.16. The molecule has 1 aliphatic carbocycles. The summed E-state index contributed by atoms with van der Waals surface area (Å²) in [7, 11) is 0. The van der Waals surface area contributed by atoms with Crippen LogP contribution in [0.5, 0.6) is 0 Å². The zero-order valence-electron chi connectivity index (χ0n) is 11.6. The van der Waals surface area contributed by atoms with Crippen molar-refractivity contribution < 1.29 is 0 Å². The van der Waals surface area contributed by atoms with Crippen LogP contribution in [0.4, 0.5) is 5.69 Å². The van der Waals surface area contributed by atoms with Gasteiger partial charge < -0.3 is 5.32 Å². The van der Waals surface area contributed by atoms with Gasteiger partial charge >= 0.3 is 0 Å². The Balaban J connectivity index is 1.81. The molecule has 0 amide bonds. The van der Waals surface area contributed by atoms with E-state index in [0.29, 0.717) is 12.0 Å². The number of rotatable bonds is 3. The van der Waals surface area contributed by atoms with Crippen LogP contribution in [0.15, 0.2) is 42.6 Å². The maximum atomic E-state index is 4.53. The Labute approximate surface area is 114 Å². The third-order valence-electron chi connectivity index (χ3n) is 3.85. The Morgan fingerprint density at radius 1 is 1.21 bits per heavy atom. The Hall–Kier alpha value is -1.83. The van der Waals surface area contributed by atoms with Gasteiger partial charge in [-0.2, -0.15) is 0 Å². The Morgan fingerprint density at radius 2 is 2.11 bits per heavy atom. The fraction of sp³-hybridized carbons (Fsp3) is 0.353. The van der Waals surface area contributed by atoms with Crippen LogP contribution in [0.25, 0.3) is 0 Å². The van der Waals surface area contributed by atoms with E-state index in [9.17, 15) is 0 Å². The van der Waals surface area contributed by atoms with Crippen molar-refractivity contribution in [1.29, 1.82) is 0 Å². The van der Waals surface area contributed by atoms with Crippen molar-refractivity contribution in [2.75, 3.05) is 5.32 Å². The lowest BCUT2D eigenvalue weighted by molar-refractivity contribution is 0.745. The van der Waals surface area contributed by atoms with Crippen molar-refractivity contribution in [2.24, 2.45) is 0 Å². The van der Waals surface area contributed by atoms with Crippen molar-refractivity contribution in [3.63, 3.8) is 0 Å². The third kappa shape index (κ3) is 2.48. The van der Waals surface area contributed by atoms with Crippen molar-refractivity contribution in [1.82, 2.24) is 4.98 Å². The molecule has 1 atom stereocenters. The second kappa shape index (κ2) is 5.04. The van der Waals surface area contributed by atoms with Crippen LogP contribution in [0.3, 0.4) is 0 Å². The largest absolute Gasteiger partial charge is 0.377 e. The summed E-state index contributed by atoms with van der Waals surface area (Å²) in [5.41, 5.74) is 5.19. The number of benzene rings is 1. The van der Waals surface area contributed by atoms with E-state index in [1.54, 1.807) is 0 Å². The molecule has 2 aromatic rings. The molecule has 0 bridgehead atoms. The zero-order chi connectivity index (χ0) is 13.2. The third-order valence-corrected chi connectivity index (χ3v) is 3.85. The molecular weight excluding hydrogens is 232 g/mol. The van der Waals surface area contributed by atoms with Gasteiger partial charge in [-0.15, -0.1) is 0 Å². The van der Waals surface area contributed by atoms with Crippen LogP contribution in [0.2, 0.25) is 0 Å². The summed E-state index contributed by atoms with van der Waals surface area (Å²) >= 11 is 0. The highest BCUT2D eigenvalue weighted by Gasteiger charge is 2.23. The number of hydrogen-bond donors (Lipinski definition) is 1. The number of hydrogen-bond acceptors (Lipinski definition) is 2. The average molecular weight is 252 g/mol. The molecule has 1 aliphatic rings. The summed E-state index contributed by atoms with van der Waals surface area (Å²) in [4.78, 5) is 4.53. The molecule has 0 fully saturated rings.